The van der Waals surface area contributed by atoms with E-state index in [2.05, 4.69) is 0 Å². The fourth-order valence-corrected chi connectivity index (χ4v) is 3.90. The van der Waals surface area contributed by atoms with Crippen LogP contribution in [0.1, 0.15) is 23.2 Å². The Balaban J connectivity index is 1.60. The third-order valence-corrected chi connectivity index (χ3v) is 6.15. The van der Waals surface area contributed by atoms with Gasteiger partial charge < -0.3 is 14.5 Å². The molecule has 0 N–H and O–H groups in total. The molecule has 0 bridgehead atoms. The Morgan fingerprint density at radius 2 is 1.63 bits per heavy atom. The van der Waals surface area contributed by atoms with Gasteiger partial charge in [0.15, 0.2) is 0 Å². The second kappa shape index (κ2) is 7.89. The first kappa shape index (κ1) is 19.7. The van der Waals surface area contributed by atoms with Crippen molar-refractivity contribution in [3.63, 3.8) is 0 Å². The maximum Gasteiger partial charge on any atom is 0.341 e. The summed E-state index contributed by atoms with van der Waals surface area (Å²) in [5, 5.41) is 0. The molecular formula is C17H20F2N2O5S. The van der Waals surface area contributed by atoms with Crippen molar-refractivity contribution < 1.29 is 31.5 Å². The molecule has 0 saturated carbocycles. The number of nitrogens with zero attached hydrogens (tertiary/aromatic N) is 2. The van der Waals surface area contributed by atoms with Crippen molar-refractivity contribution in [2.75, 3.05) is 32.8 Å². The van der Waals surface area contributed by atoms with E-state index in [4.69, 9.17) is 4.74 Å². The lowest BCUT2D eigenvalue weighted by Gasteiger charge is -2.35. The molecule has 2 saturated heterocycles. The normalized spacial score (nSPS) is 20.9. The van der Waals surface area contributed by atoms with Crippen molar-refractivity contribution in [2.24, 2.45) is 0 Å². The van der Waals surface area contributed by atoms with E-state index in [1.165, 1.54) is 12.1 Å². The van der Waals surface area contributed by atoms with Gasteiger partial charge in [0.05, 0.1) is 4.90 Å². The van der Waals surface area contributed by atoms with E-state index in [1.54, 1.807) is 9.80 Å². The number of ether oxygens (including phenoxy) is 1. The van der Waals surface area contributed by atoms with Crippen LogP contribution < -0.4 is 0 Å². The molecule has 0 aromatic heterocycles. The second-order valence-corrected chi connectivity index (χ2v) is 8.37. The largest absolute Gasteiger partial charge is 0.368 e. The van der Waals surface area contributed by atoms with Crippen LogP contribution in [0.5, 0.6) is 0 Å². The Morgan fingerprint density at radius 3 is 2.15 bits per heavy atom. The summed E-state index contributed by atoms with van der Waals surface area (Å²) in [6.45, 7) is 2.06. The molecule has 7 nitrogen and oxygen atoms in total. The zero-order chi connectivity index (χ0) is 19.6. The van der Waals surface area contributed by atoms with Crippen LogP contribution in [0, 0.1) is 0 Å². The molecule has 1 atom stereocenters. The number of carbonyl (C=O) groups is 2. The van der Waals surface area contributed by atoms with Crippen LogP contribution in [0.2, 0.25) is 0 Å². The summed E-state index contributed by atoms with van der Waals surface area (Å²) in [4.78, 5) is 27.5. The minimum atomic E-state index is -4.68. The lowest BCUT2D eigenvalue weighted by atomic mass is 10.1. The average molecular weight is 402 g/mol. The van der Waals surface area contributed by atoms with E-state index in [-0.39, 0.29) is 17.4 Å². The van der Waals surface area contributed by atoms with E-state index < -0.39 is 26.6 Å². The van der Waals surface area contributed by atoms with Crippen LogP contribution in [0.25, 0.3) is 0 Å². The van der Waals surface area contributed by atoms with Gasteiger partial charge in [-0.15, -0.1) is 0 Å². The fourth-order valence-electron chi connectivity index (χ4n) is 3.18. The summed E-state index contributed by atoms with van der Waals surface area (Å²) < 4.78 is 53.4. The van der Waals surface area contributed by atoms with E-state index in [9.17, 15) is 26.8 Å². The molecule has 1 unspecified atom stereocenters. The maximum atomic E-state index is 12.6. The molecule has 0 aliphatic carbocycles. The highest BCUT2D eigenvalue weighted by molar-refractivity contribution is 7.91. The van der Waals surface area contributed by atoms with E-state index in [0.29, 0.717) is 39.2 Å². The number of halogens is 2. The van der Waals surface area contributed by atoms with Crippen LogP contribution in [-0.2, 0) is 19.4 Å². The number of hydrogen-bond acceptors (Lipinski definition) is 5. The number of rotatable bonds is 4. The summed E-state index contributed by atoms with van der Waals surface area (Å²) in [5.41, 5.74) is 0.210. The average Bonchev–Trinajstić information content (AvgIpc) is 3.22. The molecule has 2 amide bonds. The van der Waals surface area contributed by atoms with Gasteiger partial charge in [0.25, 0.3) is 11.8 Å². The van der Waals surface area contributed by atoms with Crippen LogP contribution >= 0.6 is 0 Å². The Kier molecular flexibility index (Phi) is 5.75. The molecule has 0 spiro atoms. The lowest BCUT2D eigenvalue weighted by Crippen LogP contribution is -2.52. The molecule has 3 rings (SSSR count). The Labute approximate surface area is 155 Å². The summed E-state index contributed by atoms with van der Waals surface area (Å²) in [5.74, 6) is -3.89. The fraction of sp³-hybridized carbons (Fsp3) is 0.529. The molecular weight excluding hydrogens is 382 g/mol. The van der Waals surface area contributed by atoms with Gasteiger partial charge in [-0.3, -0.25) is 9.59 Å². The molecule has 148 valence electrons. The van der Waals surface area contributed by atoms with Gasteiger partial charge in [-0.05, 0) is 37.1 Å². The van der Waals surface area contributed by atoms with E-state index in [0.717, 1.165) is 18.6 Å². The molecule has 10 heteroatoms. The first-order valence-corrected chi connectivity index (χ1v) is 10.2. The highest BCUT2D eigenvalue weighted by atomic mass is 32.2. The van der Waals surface area contributed by atoms with Gasteiger partial charge >= 0.3 is 5.76 Å². The quantitative estimate of drug-likeness (QED) is 0.754. The second-order valence-electron chi connectivity index (χ2n) is 6.45. The predicted molar refractivity (Wildman–Crippen MR) is 91.1 cm³/mol. The Hall–Kier alpha value is -2.07. The van der Waals surface area contributed by atoms with Crippen LogP contribution in [-0.4, -0.2) is 74.7 Å². The van der Waals surface area contributed by atoms with Crippen molar-refractivity contribution >= 4 is 21.7 Å². The smallest absolute Gasteiger partial charge is 0.341 e. The van der Waals surface area contributed by atoms with Crippen LogP contribution in [0.4, 0.5) is 8.78 Å². The highest BCUT2D eigenvalue weighted by Gasteiger charge is 2.32. The highest BCUT2D eigenvalue weighted by Crippen LogP contribution is 2.20. The van der Waals surface area contributed by atoms with Gasteiger partial charge in [0.2, 0.25) is 9.84 Å². The van der Waals surface area contributed by atoms with E-state index >= 15 is 0 Å². The summed E-state index contributed by atoms with van der Waals surface area (Å²) in [7, 11) is -4.68. The number of amides is 2. The monoisotopic (exact) mass is 402 g/mol. The minimum Gasteiger partial charge on any atom is -0.368 e. The minimum absolute atomic E-state index is 0.0545. The number of piperazine rings is 1. The van der Waals surface area contributed by atoms with Crippen molar-refractivity contribution in [2.45, 2.75) is 29.6 Å². The summed E-state index contributed by atoms with van der Waals surface area (Å²) >= 11 is 0. The molecule has 0 radical (unpaired) electrons. The maximum absolute atomic E-state index is 12.6. The molecule has 2 fully saturated rings. The third kappa shape index (κ3) is 4.11. The first-order chi connectivity index (χ1) is 12.8. The topological polar surface area (TPSA) is 84.0 Å². The van der Waals surface area contributed by atoms with Crippen molar-refractivity contribution in [3.05, 3.63) is 29.8 Å². The Bertz CT molecular complexity index is 799. The number of benzene rings is 1. The number of hydrogen-bond donors (Lipinski definition) is 0. The standard InChI is InChI=1S/C17H20F2N2O5S/c18-17(19)27(24,25)13-5-3-12(4-6-13)15(22)20-7-9-21(10-8-20)16(23)14-2-1-11-26-14/h3-6,14,17H,1-2,7-11H2. The molecule has 1 aromatic rings. The van der Waals surface area contributed by atoms with Gasteiger partial charge in [-0.1, -0.05) is 0 Å². The zero-order valence-electron chi connectivity index (χ0n) is 14.5. The third-order valence-electron chi connectivity index (χ3n) is 4.75. The molecule has 1 aromatic carbocycles. The summed E-state index contributed by atoms with van der Waals surface area (Å²) in [6, 6.07) is 4.46. The number of carbonyl (C=O) groups excluding carboxylic acids is 2. The van der Waals surface area contributed by atoms with Crippen molar-refractivity contribution in [3.8, 4) is 0 Å². The van der Waals surface area contributed by atoms with Gasteiger partial charge in [0.1, 0.15) is 6.10 Å². The SMILES string of the molecule is O=C(c1ccc(S(=O)(=O)C(F)F)cc1)N1CCN(C(=O)C2CCCO2)CC1. The molecule has 2 aliphatic heterocycles. The number of sulfone groups is 1. The van der Waals surface area contributed by atoms with Gasteiger partial charge in [-0.25, -0.2) is 8.42 Å². The zero-order valence-corrected chi connectivity index (χ0v) is 15.3. The van der Waals surface area contributed by atoms with Crippen molar-refractivity contribution in [1.82, 2.24) is 9.80 Å². The predicted octanol–water partition coefficient (Wildman–Crippen LogP) is 1.15. The van der Waals surface area contributed by atoms with Gasteiger partial charge in [-0.2, -0.15) is 8.78 Å². The molecule has 2 heterocycles. The Morgan fingerprint density at radius 1 is 1.04 bits per heavy atom. The summed E-state index contributed by atoms with van der Waals surface area (Å²) in [6.07, 6.45) is 1.19. The van der Waals surface area contributed by atoms with Crippen LogP contribution in [0.15, 0.2) is 29.2 Å². The lowest BCUT2D eigenvalue weighted by molar-refractivity contribution is -0.142. The molecule has 2 aliphatic rings. The first-order valence-electron chi connectivity index (χ1n) is 8.62. The van der Waals surface area contributed by atoms with E-state index in [1.807, 2.05) is 0 Å². The van der Waals surface area contributed by atoms with Crippen molar-refractivity contribution in [1.29, 1.82) is 0 Å². The number of alkyl halides is 2. The molecule has 27 heavy (non-hydrogen) atoms. The van der Waals surface area contributed by atoms with Crippen LogP contribution in [0.3, 0.4) is 0 Å². The van der Waals surface area contributed by atoms with Gasteiger partial charge in [0, 0.05) is 38.3 Å².